The maximum atomic E-state index is 14.6. The highest BCUT2D eigenvalue weighted by Gasteiger charge is 2.25. The molecular formula is C32H31ClFN3O4. The average Bonchev–Trinajstić information content (AvgIpc) is 3.42. The summed E-state index contributed by atoms with van der Waals surface area (Å²) in [7, 11) is 0. The third-order valence-corrected chi connectivity index (χ3v) is 7.89. The van der Waals surface area contributed by atoms with Crippen molar-refractivity contribution in [1.82, 2.24) is 9.78 Å². The molecule has 1 aliphatic heterocycles. The number of benzene rings is 3. The van der Waals surface area contributed by atoms with Crippen LogP contribution in [0.15, 0.2) is 60.9 Å². The number of aromatic carboxylic acids is 1. The molecular weight excluding hydrogens is 545 g/mol. The summed E-state index contributed by atoms with van der Waals surface area (Å²) in [6, 6.07) is 14.1. The predicted octanol–water partition coefficient (Wildman–Crippen LogP) is 6.84. The molecule has 3 aromatic carbocycles. The van der Waals surface area contributed by atoms with E-state index in [0.717, 1.165) is 52.6 Å². The molecule has 41 heavy (non-hydrogen) atoms. The molecule has 5 rings (SSSR count). The van der Waals surface area contributed by atoms with Crippen LogP contribution in [0.5, 0.6) is 5.75 Å². The highest BCUT2D eigenvalue weighted by Crippen LogP contribution is 2.36. The number of aromatic nitrogens is 2. The molecule has 0 radical (unpaired) electrons. The molecule has 0 atom stereocenters. The van der Waals surface area contributed by atoms with Gasteiger partial charge in [-0.15, -0.1) is 0 Å². The second-order valence-corrected chi connectivity index (χ2v) is 10.7. The zero-order chi connectivity index (χ0) is 29.1. The van der Waals surface area contributed by atoms with E-state index < -0.39 is 11.8 Å². The van der Waals surface area contributed by atoms with Gasteiger partial charge in [0, 0.05) is 41.0 Å². The second-order valence-electron chi connectivity index (χ2n) is 10.3. The van der Waals surface area contributed by atoms with Crippen LogP contribution in [0.3, 0.4) is 0 Å². The highest BCUT2D eigenvalue weighted by atomic mass is 35.5. The maximum Gasteiger partial charge on any atom is 0.335 e. The van der Waals surface area contributed by atoms with Crippen LogP contribution >= 0.6 is 11.6 Å². The fourth-order valence-electron chi connectivity index (χ4n) is 5.20. The lowest BCUT2D eigenvalue weighted by Crippen LogP contribution is -2.35. The van der Waals surface area contributed by atoms with Gasteiger partial charge < -0.3 is 14.7 Å². The van der Waals surface area contributed by atoms with Crippen molar-refractivity contribution in [2.75, 3.05) is 18.1 Å². The van der Waals surface area contributed by atoms with Crippen molar-refractivity contribution in [3.63, 3.8) is 0 Å². The first-order valence-electron chi connectivity index (χ1n) is 13.6. The minimum absolute atomic E-state index is 0.0325. The molecule has 7 nitrogen and oxygen atoms in total. The molecule has 212 valence electrons. The number of nitrogens with zero attached hydrogens (tertiary/aromatic N) is 3. The molecule has 0 saturated carbocycles. The number of anilines is 1. The molecule has 0 aliphatic carbocycles. The third-order valence-electron chi connectivity index (χ3n) is 7.55. The van der Waals surface area contributed by atoms with Crippen LogP contribution in [0.1, 0.15) is 51.9 Å². The molecule has 0 unspecified atom stereocenters. The Morgan fingerprint density at radius 3 is 2.73 bits per heavy atom. The summed E-state index contributed by atoms with van der Waals surface area (Å²) in [5.41, 5.74) is 6.04. The SMILES string of the molecule is Cc1cccc(OCCCC(=O)N2CCCc3c(-c4cnn(Cc5c(F)cc(C(=O)O)cc5Cl)c4)cccc32)c1C. The molecule has 0 saturated heterocycles. The Labute approximate surface area is 243 Å². The van der Waals surface area contributed by atoms with Crippen molar-refractivity contribution in [2.45, 2.75) is 46.1 Å². The fraction of sp³-hybridized carbons (Fsp3) is 0.281. The smallest absolute Gasteiger partial charge is 0.335 e. The Kier molecular flexibility index (Phi) is 8.40. The summed E-state index contributed by atoms with van der Waals surface area (Å²) in [5, 5.41) is 13.6. The van der Waals surface area contributed by atoms with Gasteiger partial charge in [-0.1, -0.05) is 35.9 Å². The summed E-state index contributed by atoms with van der Waals surface area (Å²) in [5.74, 6) is -1.02. The summed E-state index contributed by atoms with van der Waals surface area (Å²) >= 11 is 6.19. The van der Waals surface area contributed by atoms with Gasteiger partial charge in [0.25, 0.3) is 0 Å². The number of fused-ring (bicyclic) bond motifs is 1. The number of hydrogen-bond donors (Lipinski definition) is 1. The molecule has 4 aromatic rings. The number of ether oxygens (including phenoxy) is 1. The van der Waals surface area contributed by atoms with Gasteiger partial charge in [0.05, 0.1) is 24.9 Å². The fourth-order valence-corrected chi connectivity index (χ4v) is 5.47. The van der Waals surface area contributed by atoms with Gasteiger partial charge in [-0.3, -0.25) is 9.48 Å². The Hall–Kier alpha value is -4.17. The lowest BCUT2D eigenvalue weighted by atomic mass is 9.93. The van der Waals surface area contributed by atoms with Crippen LogP contribution < -0.4 is 9.64 Å². The summed E-state index contributed by atoms with van der Waals surface area (Å²) in [4.78, 5) is 26.3. The second kappa shape index (κ2) is 12.1. The number of amides is 1. The van der Waals surface area contributed by atoms with Crippen molar-refractivity contribution < 1.29 is 23.8 Å². The van der Waals surface area contributed by atoms with Gasteiger partial charge in [-0.25, -0.2) is 9.18 Å². The Balaban J connectivity index is 1.28. The van der Waals surface area contributed by atoms with Crippen molar-refractivity contribution in [1.29, 1.82) is 0 Å². The van der Waals surface area contributed by atoms with Gasteiger partial charge in [0.15, 0.2) is 0 Å². The van der Waals surface area contributed by atoms with Crippen molar-refractivity contribution in [2.24, 2.45) is 0 Å². The lowest BCUT2D eigenvalue weighted by Gasteiger charge is -2.31. The van der Waals surface area contributed by atoms with Gasteiger partial charge in [0.2, 0.25) is 5.91 Å². The van der Waals surface area contributed by atoms with E-state index in [1.165, 1.54) is 11.6 Å². The molecule has 1 aromatic heterocycles. The first-order valence-corrected chi connectivity index (χ1v) is 14.0. The summed E-state index contributed by atoms with van der Waals surface area (Å²) in [6.07, 6.45) is 6.20. The number of halogens is 2. The van der Waals surface area contributed by atoms with Crippen LogP contribution in [0.2, 0.25) is 5.02 Å². The molecule has 9 heteroatoms. The topological polar surface area (TPSA) is 84.7 Å². The quantitative estimate of drug-likeness (QED) is 0.221. The van der Waals surface area contributed by atoms with E-state index in [2.05, 4.69) is 18.1 Å². The van der Waals surface area contributed by atoms with E-state index in [0.29, 0.717) is 26.0 Å². The number of hydrogen-bond acceptors (Lipinski definition) is 4. The minimum Gasteiger partial charge on any atom is -0.493 e. The number of carboxylic acids is 1. The molecule has 2 heterocycles. The van der Waals surface area contributed by atoms with E-state index in [1.54, 1.807) is 10.9 Å². The lowest BCUT2D eigenvalue weighted by molar-refractivity contribution is -0.118. The van der Waals surface area contributed by atoms with E-state index in [9.17, 15) is 14.0 Å². The maximum absolute atomic E-state index is 14.6. The summed E-state index contributed by atoms with van der Waals surface area (Å²) in [6.45, 7) is 5.27. The van der Waals surface area contributed by atoms with E-state index in [-0.39, 0.29) is 28.6 Å². The Morgan fingerprint density at radius 2 is 1.95 bits per heavy atom. The molecule has 0 spiro atoms. The third kappa shape index (κ3) is 6.12. The molecule has 1 N–H and O–H groups in total. The number of carbonyl (C=O) groups is 2. The van der Waals surface area contributed by atoms with Gasteiger partial charge in [-0.2, -0.15) is 5.10 Å². The zero-order valence-corrected chi connectivity index (χ0v) is 23.7. The monoisotopic (exact) mass is 575 g/mol. The van der Waals surface area contributed by atoms with E-state index in [1.807, 2.05) is 48.4 Å². The Morgan fingerprint density at radius 1 is 1.15 bits per heavy atom. The van der Waals surface area contributed by atoms with Crippen LogP contribution in [0, 0.1) is 19.7 Å². The number of carbonyl (C=O) groups excluding carboxylic acids is 1. The van der Waals surface area contributed by atoms with Crippen LogP contribution in [-0.4, -0.2) is 39.9 Å². The number of aryl methyl sites for hydroxylation is 1. The summed E-state index contributed by atoms with van der Waals surface area (Å²) < 4.78 is 22.1. The minimum atomic E-state index is -1.24. The van der Waals surface area contributed by atoms with Crippen molar-refractivity contribution >= 4 is 29.2 Å². The number of rotatable bonds is 9. The highest BCUT2D eigenvalue weighted by molar-refractivity contribution is 6.31. The van der Waals surface area contributed by atoms with E-state index >= 15 is 0 Å². The van der Waals surface area contributed by atoms with Gasteiger partial charge in [0.1, 0.15) is 11.6 Å². The van der Waals surface area contributed by atoms with Crippen LogP contribution in [0.4, 0.5) is 10.1 Å². The Bertz CT molecular complexity index is 1590. The van der Waals surface area contributed by atoms with Gasteiger partial charge >= 0.3 is 5.97 Å². The molecule has 1 amide bonds. The van der Waals surface area contributed by atoms with E-state index in [4.69, 9.17) is 21.4 Å². The van der Waals surface area contributed by atoms with Gasteiger partial charge in [-0.05, 0) is 79.6 Å². The molecule has 1 aliphatic rings. The zero-order valence-electron chi connectivity index (χ0n) is 23.0. The molecule has 0 bridgehead atoms. The van der Waals surface area contributed by atoms with Crippen molar-refractivity contribution in [3.05, 3.63) is 99.6 Å². The number of carboxylic acid groups (broad SMARTS) is 1. The molecule has 0 fully saturated rings. The van der Waals surface area contributed by atoms with Crippen LogP contribution in [-0.2, 0) is 17.8 Å². The largest absolute Gasteiger partial charge is 0.493 e. The first kappa shape index (κ1) is 28.4. The predicted molar refractivity (Wildman–Crippen MR) is 156 cm³/mol. The van der Waals surface area contributed by atoms with Crippen LogP contribution in [0.25, 0.3) is 11.1 Å². The first-order chi connectivity index (χ1) is 19.7. The average molecular weight is 576 g/mol. The van der Waals surface area contributed by atoms with Crippen molar-refractivity contribution in [3.8, 4) is 16.9 Å². The normalized spacial score (nSPS) is 12.7. The standard InChI is InChI=1S/C32H31ClFN3O4/c1-20-7-3-11-30(21(20)2)41-14-6-12-31(38)37-13-5-9-25-24(8-4-10-29(25)37)23-17-35-36(18-23)19-26-27(33)15-22(32(39)40)16-28(26)34/h3-4,7-8,10-11,15-18H,5-6,9,12-14,19H2,1-2H3,(H,39,40).